The van der Waals surface area contributed by atoms with Crippen molar-refractivity contribution in [3.8, 4) is 0 Å². The lowest BCUT2D eigenvalue weighted by atomic mass is 10.1. The number of rotatable bonds is 5. The van der Waals surface area contributed by atoms with Gasteiger partial charge in [0.15, 0.2) is 6.29 Å². The Hall–Kier alpha value is -3.56. The molecule has 2 aliphatic heterocycles. The Morgan fingerprint density at radius 1 is 1.29 bits per heavy atom. The highest BCUT2D eigenvalue weighted by atomic mass is 16.2. The number of pyridine rings is 1. The van der Waals surface area contributed by atoms with Gasteiger partial charge in [-0.15, -0.1) is 0 Å². The minimum Gasteiger partial charge on any atom is -0.327 e. The Labute approximate surface area is 161 Å². The van der Waals surface area contributed by atoms with Crippen molar-refractivity contribution < 1.29 is 9.59 Å². The van der Waals surface area contributed by atoms with E-state index in [2.05, 4.69) is 26.3 Å². The number of carbonyl (C=O) groups is 2. The van der Waals surface area contributed by atoms with Crippen LogP contribution in [0.4, 0.5) is 0 Å². The van der Waals surface area contributed by atoms with Crippen LogP contribution in [0.5, 0.6) is 0 Å². The van der Waals surface area contributed by atoms with Crippen LogP contribution in [0.3, 0.4) is 0 Å². The Morgan fingerprint density at radius 3 is 2.93 bits per heavy atom. The molecule has 1 unspecified atom stereocenters. The van der Waals surface area contributed by atoms with Gasteiger partial charge in [0.2, 0.25) is 0 Å². The van der Waals surface area contributed by atoms with Crippen molar-refractivity contribution in [3.05, 3.63) is 72.1 Å². The molecule has 1 atom stereocenters. The highest BCUT2D eigenvalue weighted by Crippen LogP contribution is 2.27. The van der Waals surface area contributed by atoms with E-state index >= 15 is 0 Å². The first-order valence-corrected chi connectivity index (χ1v) is 8.78. The van der Waals surface area contributed by atoms with Crippen LogP contribution in [0.2, 0.25) is 0 Å². The molecule has 1 saturated heterocycles. The molecule has 1 aromatic heterocycles. The molecule has 0 aliphatic carbocycles. The van der Waals surface area contributed by atoms with Gasteiger partial charge >= 0.3 is 0 Å². The molecular formula is C19H19N7O2. The van der Waals surface area contributed by atoms with E-state index in [-0.39, 0.29) is 18.4 Å². The van der Waals surface area contributed by atoms with Crippen LogP contribution in [0.15, 0.2) is 66.0 Å². The third-order valence-corrected chi connectivity index (χ3v) is 4.35. The summed E-state index contributed by atoms with van der Waals surface area (Å²) in [5.41, 5.74) is 7.80. The maximum absolute atomic E-state index is 12.5. The van der Waals surface area contributed by atoms with Gasteiger partial charge < -0.3 is 4.90 Å². The molecule has 3 N–H and O–H groups in total. The van der Waals surface area contributed by atoms with Crippen LogP contribution in [-0.2, 0) is 9.59 Å². The van der Waals surface area contributed by atoms with Crippen molar-refractivity contribution in [1.82, 2.24) is 31.1 Å². The molecule has 142 valence electrons. The average Bonchev–Trinajstić information content (AvgIpc) is 3.22. The van der Waals surface area contributed by atoms with Gasteiger partial charge in [0.25, 0.3) is 11.8 Å². The van der Waals surface area contributed by atoms with E-state index in [0.717, 1.165) is 11.1 Å². The van der Waals surface area contributed by atoms with Gasteiger partial charge in [0.05, 0.1) is 18.6 Å². The predicted molar refractivity (Wildman–Crippen MR) is 103 cm³/mol. The first kappa shape index (κ1) is 17.8. The van der Waals surface area contributed by atoms with Crippen LogP contribution in [0.1, 0.15) is 11.1 Å². The Balaban J connectivity index is 1.51. The van der Waals surface area contributed by atoms with Crippen LogP contribution in [0, 0.1) is 0 Å². The van der Waals surface area contributed by atoms with E-state index in [9.17, 15) is 9.59 Å². The third kappa shape index (κ3) is 3.75. The molecule has 0 saturated carbocycles. The predicted octanol–water partition coefficient (Wildman–Crippen LogP) is 0.0659. The SMILES string of the molecule is O=C(CN1C(c2ccccc2)=CC(=O)N2NCNC12)N/N=C/c1cccnc1. The number of hydrogen-bond acceptors (Lipinski definition) is 7. The molecule has 2 aliphatic rings. The maximum Gasteiger partial charge on any atom is 0.265 e. The van der Waals surface area contributed by atoms with Gasteiger partial charge in [-0.1, -0.05) is 36.4 Å². The molecule has 1 aromatic carbocycles. The lowest BCUT2D eigenvalue weighted by molar-refractivity contribution is -0.136. The van der Waals surface area contributed by atoms with E-state index in [1.807, 2.05) is 41.3 Å². The van der Waals surface area contributed by atoms with Crippen molar-refractivity contribution in [2.45, 2.75) is 6.29 Å². The number of hydrazine groups is 1. The number of nitrogens with one attached hydrogen (secondary N) is 3. The first-order chi connectivity index (χ1) is 13.7. The van der Waals surface area contributed by atoms with Gasteiger partial charge in [-0.3, -0.25) is 19.9 Å². The Bertz CT molecular complexity index is 914. The zero-order valence-corrected chi connectivity index (χ0v) is 14.9. The second-order valence-electron chi connectivity index (χ2n) is 6.22. The van der Waals surface area contributed by atoms with E-state index < -0.39 is 6.29 Å². The molecule has 28 heavy (non-hydrogen) atoms. The van der Waals surface area contributed by atoms with Crippen molar-refractivity contribution >= 4 is 23.7 Å². The minimum absolute atomic E-state index is 0.0221. The largest absolute Gasteiger partial charge is 0.327 e. The number of benzene rings is 1. The van der Waals surface area contributed by atoms with Crippen molar-refractivity contribution in [1.29, 1.82) is 0 Å². The van der Waals surface area contributed by atoms with Crippen molar-refractivity contribution in [3.63, 3.8) is 0 Å². The summed E-state index contributed by atoms with van der Waals surface area (Å²) >= 11 is 0. The monoisotopic (exact) mass is 377 g/mol. The molecule has 0 spiro atoms. The van der Waals surface area contributed by atoms with Crippen LogP contribution in [0.25, 0.3) is 5.70 Å². The number of nitrogens with zero attached hydrogens (tertiary/aromatic N) is 4. The Kier molecular flexibility index (Phi) is 5.09. The van der Waals surface area contributed by atoms with Crippen molar-refractivity contribution in [2.75, 3.05) is 13.2 Å². The molecule has 0 radical (unpaired) electrons. The second kappa shape index (κ2) is 7.99. The van der Waals surface area contributed by atoms with Gasteiger partial charge in [0, 0.05) is 24.0 Å². The maximum atomic E-state index is 12.5. The van der Waals surface area contributed by atoms with Gasteiger partial charge in [-0.05, 0) is 11.6 Å². The summed E-state index contributed by atoms with van der Waals surface area (Å²) in [6.07, 6.45) is 5.91. The normalized spacial score (nSPS) is 18.9. The van der Waals surface area contributed by atoms with Gasteiger partial charge in [0.1, 0.15) is 6.54 Å². The van der Waals surface area contributed by atoms with Crippen molar-refractivity contribution in [2.24, 2.45) is 5.10 Å². The number of aromatic nitrogens is 1. The topological polar surface area (TPSA) is 102 Å². The molecule has 0 bridgehead atoms. The zero-order chi connectivity index (χ0) is 19.3. The average molecular weight is 377 g/mol. The summed E-state index contributed by atoms with van der Waals surface area (Å²) in [5.74, 6) is -0.468. The molecule has 9 heteroatoms. The summed E-state index contributed by atoms with van der Waals surface area (Å²) < 4.78 is 0. The van der Waals surface area contributed by atoms with Gasteiger partial charge in [-0.25, -0.2) is 15.9 Å². The number of fused-ring (bicyclic) bond motifs is 1. The molecule has 3 heterocycles. The number of amides is 2. The van der Waals surface area contributed by atoms with Gasteiger partial charge in [-0.2, -0.15) is 5.10 Å². The molecule has 4 rings (SSSR count). The molecular weight excluding hydrogens is 358 g/mol. The fourth-order valence-electron chi connectivity index (χ4n) is 3.10. The smallest absolute Gasteiger partial charge is 0.265 e. The molecule has 2 aromatic rings. The summed E-state index contributed by atoms with van der Waals surface area (Å²) in [5, 5.41) is 8.63. The minimum atomic E-state index is -0.458. The van der Waals surface area contributed by atoms with E-state index in [1.165, 1.54) is 17.3 Å². The highest BCUT2D eigenvalue weighted by Gasteiger charge is 2.38. The zero-order valence-electron chi connectivity index (χ0n) is 14.9. The third-order valence-electron chi connectivity index (χ3n) is 4.35. The molecule has 9 nitrogen and oxygen atoms in total. The van der Waals surface area contributed by atoms with E-state index in [4.69, 9.17) is 0 Å². The fraction of sp³-hybridized carbons (Fsp3) is 0.158. The summed E-state index contributed by atoms with van der Waals surface area (Å²) in [6.45, 7) is 0.456. The van der Waals surface area contributed by atoms with Crippen LogP contribution in [-0.4, -0.2) is 52.4 Å². The van der Waals surface area contributed by atoms with Crippen LogP contribution < -0.4 is 16.2 Å². The summed E-state index contributed by atoms with van der Waals surface area (Å²) in [4.78, 5) is 30.7. The quantitative estimate of drug-likeness (QED) is 0.503. The number of hydrazone groups is 1. The Morgan fingerprint density at radius 2 is 2.14 bits per heavy atom. The van der Waals surface area contributed by atoms with E-state index in [1.54, 1.807) is 18.5 Å². The molecule has 1 fully saturated rings. The standard InChI is InChI=1S/C19H19N7O2/c27-17(24-22-11-14-5-4-8-20-10-14)12-25-16(15-6-2-1-3-7-15)9-18(28)26-19(25)21-13-23-26/h1-11,19,21,23H,12-13H2,(H,24,27)/b22-11+. The number of hydrogen-bond donors (Lipinski definition) is 3. The lowest BCUT2D eigenvalue weighted by Crippen LogP contribution is -2.57. The fourth-order valence-corrected chi connectivity index (χ4v) is 3.10. The summed E-state index contributed by atoms with van der Waals surface area (Å²) in [7, 11) is 0. The lowest BCUT2D eigenvalue weighted by Gasteiger charge is -2.39. The first-order valence-electron chi connectivity index (χ1n) is 8.78. The molecule has 2 amide bonds. The van der Waals surface area contributed by atoms with Crippen LogP contribution >= 0.6 is 0 Å². The highest BCUT2D eigenvalue weighted by molar-refractivity contribution is 5.97. The second-order valence-corrected chi connectivity index (χ2v) is 6.22. The summed E-state index contributed by atoms with van der Waals surface area (Å²) in [6, 6.07) is 13.1. The van der Waals surface area contributed by atoms with E-state index in [0.29, 0.717) is 12.4 Å². The number of carbonyl (C=O) groups excluding carboxylic acids is 2.